The van der Waals surface area contributed by atoms with Crippen LogP contribution in [0.5, 0.6) is 0 Å². The van der Waals surface area contributed by atoms with Crippen molar-refractivity contribution < 1.29 is 14.4 Å². The first-order valence-electron chi connectivity index (χ1n) is 7.34. The molecule has 2 aliphatic rings. The molecule has 0 aromatic rings. The summed E-state index contributed by atoms with van der Waals surface area (Å²) in [6, 6.07) is 0. The maximum Gasteiger partial charge on any atom is 0.252 e. The summed E-state index contributed by atoms with van der Waals surface area (Å²) in [6.45, 7) is 3.69. The van der Waals surface area contributed by atoms with Crippen molar-refractivity contribution >= 4 is 17.7 Å². The first-order chi connectivity index (χ1) is 9.58. The fourth-order valence-corrected chi connectivity index (χ4v) is 2.83. The Morgan fingerprint density at radius 1 is 1.25 bits per heavy atom. The molecule has 2 heterocycles. The Hall–Kier alpha value is -1.65. The van der Waals surface area contributed by atoms with Gasteiger partial charge in [-0.05, 0) is 37.7 Å². The van der Waals surface area contributed by atoms with Crippen LogP contribution in [0.3, 0.4) is 0 Å². The van der Waals surface area contributed by atoms with Crippen LogP contribution in [0, 0.1) is 5.92 Å². The quantitative estimate of drug-likeness (QED) is 0.783. The lowest BCUT2D eigenvalue weighted by atomic mass is 9.92. The maximum absolute atomic E-state index is 12.0. The normalized spacial score (nSPS) is 20.4. The lowest BCUT2D eigenvalue weighted by molar-refractivity contribution is -0.142. The molecular weight excluding hydrogens is 256 g/mol. The van der Waals surface area contributed by atoms with Gasteiger partial charge in [0.05, 0.1) is 0 Å². The molecule has 2 aliphatic heterocycles. The van der Waals surface area contributed by atoms with E-state index in [4.69, 9.17) is 0 Å². The van der Waals surface area contributed by atoms with Crippen LogP contribution in [0.2, 0.25) is 0 Å². The third-order valence-electron chi connectivity index (χ3n) is 4.17. The lowest BCUT2D eigenvalue weighted by Crippen LogP contribution is -2.39. The predicted octanol–water partition coefficient (Wildman–Crippen LogP) is 1.34. The van der Waals surface area contributed by atoms with Crippen LogP contribution in [-0.4, -0.2) is 47.2 Å². The van der Waals surface area contributed by atoms with Gasteiger partial charge in [0.15, 0.2) is 0 Å². The minimum absolute atomic E-state index is 0.0617. The number of hydrogen-bond donors (Lipinski definition) is 0. The highest BCUT2D eigenvalue weighted by Gasteiger charge is 2.24. The Kier molecular flexibility index (Phi) is 4.93. The van der Waals surface area contributed by atoms with Gasteiger partial charge in [0.25, 0.3) is 5.91 Å². The molecule has 20 heavy (non-hydrogen) atoms. The molecule has 110 valence electrons. The fraction of sp³-hybridized carbons (Fsp3) is 0.667. The van der Waals surface area contributed by atoms with E-state index in [0.717, 1.165) is 38.8 Å². The van der Waals surface area contributed by atoms with E-state index in [0.29, 0.717) is 18.9 Å². The molecular formula is C15H22N2O3. The second-order valence-corrected chi connectivity index (χ2v) is 5.56. The second kappa shape index (κ2) is 6.68. The van der Waals surface area contributed by atoms with Gasteiger partial charge < -0.3 is 4.90 Å². The lowest BCUT2D eigenvalue weighted by Gasteiger charge is -2.31. The molecule has 0 aromatic carbocycles. The summed E-state index contributed by atoms with van der Waals surface area (Å²) in [5, 5.41) is 0. The molecule has 3 amide bonds. The van der Waals surface area contributed by atoms with Gasteiger partial charge in [0.2, 0.25) is 11.8 Å². The number of carbonyl (C=O) groups is 3. The van der Waals surface area contributed by atoms with Crippen LogP contribution in [0.1, 0.15) is 39.0 Å². The largest absolute Gasteiger partial charge is 0.343 e. The monoisotopic (exact) mass is 278 g/mol. The van der Waals surface area contributed by atoms with Gasteiger partial charge in [-0.25, -0.2) is 0 Å². The zero-order valence-electron chi connectivity index (χ0n) is 12.0. The van der Waals surface area contributed by atoms with Crippen molar-refractivity contribution in [2.75, 3.05) is 19.6 Å². The SMILES string of the molecule is CC(=O)N1CCC(CCC(=O)N2CCC=CC2=O)CC1. The Balaban J connectivity index is 1.73. The minimum Gasteiger partial charge on any atom is -0.343 e. The van der Waals surface area contributed by atoms with Crippen molar-refractivity contribution in [3.8, 4) is 0 Å². The van der Waals surface area contributed by atoms with E-state index < -0.39 is 0 Å². The van der Waals surface area contributed by atoms with Crippen LogP contribution in [-0.2, 0) is 14.4 Å². The van der Waals surface area contributed by atoms with Gasteiger partial charge in [0, 0.05) is 33.0 Å². The third kappa shape index (κ3) is 3.68. The van der Waals surface area contributed by atoms with Crippen molar-refractivity contribution in [1.29, 1.82) is 0 Å². The molecule has 5 nitrogen and oxygen atoms in total. The van der Waals surface area contributed by atoms with Crippen LogP contribution < -0.4 is 0 Å². The molecule has 0 unspecified atom stereocenters. The van der Waals surface area contributed by atoms with E-state index >= 15 is 0 Å². The molecule has 0 aromatic heterocycles. The van der Waals surface area contributed by atoms with Crippen molar-refractivity contribution in [3.63, 3.8) is 0 Å². The highest BCUT2D eigenvalue weighted by atomic mass is 16.2. The van der Waals surface area contributed by atoms with E-state index in [9.17, 15) is 14.4 Å². The number of amides is 3. The third-order valence-corrected chi connectivity index (χ3v) is 4.17. The molecule has 0 saturated carbocycles. The van der Waals surface area contributed by atoms with Gasteiger partial charge in [-0.2, -0.15) is 0 Å². The summed E-state index contributed by atoms with van der Waals surface area (Å²) in [5.74, 6) is 0.371. The number of piperidine rings is 1. The van der Waals surface area contributed by atoms with Crippen molar-refractivity contribution in [3.05, 3.63) is 12.2 Å². The van der Waals surface area contributed by atoms with Gasteiger partial charge in [0.1, 0.15) is 0 Å². The highest BCUT2D eigenvalue weighted by molar-refractivity contribution is 6.01. The summed E-state index contributed by atoms with van der Waals surface area (Å²) in [6.07, 6.45) is 7.22. The standard InChI is InChI=1S/C15H22N2O3/c1-12(18)16-10-7-13(8-11-16)5-6-15(20)17-9-3-2-4-14(17)19/h2,4,13H,3,5-11H2,1H3. The molecule has 0 spiro atoms. The zero-order valence-corrected chi connectivity index (χ0v) is 12.0. The zero-order chi connectivity index (χ0) is 14.5. The highest BCUT2D eigenvalue weighted by Crippen LogP contribution is 2.22. The summed E-state index contributed by atoms with van der Waals surface area (Å²) in [4.78, 5) is 38.1. The second-order valence-electron chi connectivity index (χ2n) is 5.56. The Labute approximate surface area is 119 Å². The van der Waals surface area contributed by atoms with E-state index in [-0.39, 0.29) is 17.7 Å². The average Bonchev–Trinajstić information content (AvgIpc) is 2.45. The summed E-state index contributed by atoms with van der Waals surface area (Å²) in [7, 11) is 0. The van der Waals surface area contributed by atoms with Crippen LogP contribution in [0.15, 0.2) is 12.2 Å². The molecule has 2 rings (SSSR count). The first-order valence-corrected chi connectivity index (χ1v) is 7.34. The van der Waals surface area contributed by atoms with Gasteiger partial charge >= 0.3 is 0 Å². The van der Waals surface area contributed by atoms with Crippen LogP contribution >= 0.6 is 0 Å². The maximum atomic E-state index is 12.0. The summed E-state index contributed by atoms with van der Waals surface area (Å²) < 4.78 is 0. The molecule has 1 saturated heterocycles. The molecule has 0 radical (unpaired) electrons. The van der Waals surface area contributed by atoms with Crippen LogP contribution in [0.25, 0.3) is 0 Å². The van der Waals surface area contributed by atoms with Crippen molar-refractivity contribution in [1.82, 2.24) is 9.80 Å². The smallest absolute Gasteiger partial charge is 0.252 e. The average molecular weight is 278 g/mol. The molecule has 0 bridgehead atoms. The minimum atomic E-state index is -0.187. The fourth-order valence-electron chi connectivity index (χ4n) is 2.83. The number of rotatable bonds is 3. The van der Waals surface area contributed by atoms with Crippen molar-refractivity contribution in [2.24, 2.45) is 5.92 Å². The summed E-state index contributed by atoms with van der Waals surface area (Å²) in [5.41, 5.74) is 0. The summed E-state index contributed by atoms with van der Waals surface area (Å²) >= 11 is 0. The van der Waals surface area contributed by atoms with Gasteiger partial charge in [-0.3, -0.25) is 19.3 Å². The number of imide groups is 1. The topological polar surface area (TPSA) is 57.7 Å². The van der Waals surface area contributed by atoms with Crippen LogP contribution in [0.4, 0.5) is 0 Å². The Morgan fingerprint density at radius 3 is 2.55 bits per heavy atom. The van der Waals surface area contributed by atoms with E-state index in [1.165, 1.54) is 11.0 Å². The van der Waals surface area contributed by atoms with Gasteiger partial charge in [-0.15, -0.1) is 0 Å². The molecule has 5 heteroatoms. The molecule has 1 fully saturated rings. The molecule has 0 atom stereocenters. The number of nitrogens with zero attached hydrogens (tertiary/aromatic N) is 2. The molecule has 0 N–H and O–H groups in total. The van der Waals surface area contributed by atoms with E-state index in [1.54, 1.807) is 6.92 Å². The number of carbonyl (C=O) groups excluding carboxylic acids is 3. The van der Waals surface area contributed by atoms with E-state index in [2.05, 4.69) is 0 Å². The Morgan fingerprint density at radius 2 is 1.95 bits per heavy atom. The van der Waals surface area contributed by atoms with E-state index in [1.807, 2.05) is 11.0 Å². The number of hydrogen-bond acceptors (Lipinski definition) is 3. The number of likely N-dealkylation sites (tertiary alicyclic amines) is 1. The predicted molar refractivity (Wildman–Crippen MR) is 74.7 cm³/mol. The Bertz CT molecular complexity index is 423. The van der Waals surface area contributed by atoms with Gasteiger partial charge in [-0.1, -0.05) is 6.08 Å². The first kappa shape index (κ1) is 14.8. The van der Waals surface area contributed by atoms with Crippen molar-refractivity contribution in [2.45, 2.75) is 39.0 Å². The molecule has 0 aliphatic carbocycles.